The molecule has 6 heteroatoms. The van der Waals surface area contributed by atoms with Gasteiger partial charge in [-0.3, -0.25) is 0 Å². The molecule has 1 rings (SSSR count). The standard InChI is InChI=1S/C14H26N4O2/c1-4-7-11-17-13(16-8-6-10-19-3)12(15)14(18-11)20-9-5-2/h4-10,15H2,1-3H3,(H,16,17,18). The van der Waals surface area contributed by atoms with Gasteiger partial charge in [0, 0.05) is 26.7 Å². The van der Waals surface area contributed by atoms with E-state index in [-0.39, 0.29) is 0 Å². The second-order valence-electron chi connectivity index (χ2n) is 4.58. The van der Waals surface area contributed by atoms with Crippen LogP contribution in [0, 0.1) is 0 Å². The van der Waals surface area contributed by atoms with Crippen LogP contribution in [-0.2, 0) is 11.2 Å². The molecule has 0 aromatic carbocycles. The van der Waals surface area contributed by atoms with Crippen LogP contribution >= 0.6 is 0 Å². The van der Waals surface area contributed by atoms with E-state index in [1.165, 1.54) is 0 Å². The minimum Gasteiger partial charge on any atom is -0.476 e. The summed E-state index contributed by atoms with van der Waals surface area (Å²) in [6.07, 6.45) is 3.62. The van der Waals surface area contributed by atoms with Crippen LogP contribution < -0.4 is 15.8 Å². The molecule has 1 aromatic heterocycles. The Morgan fingerprint density at radius 1 is 1.15 bits per heavy atom. The lowest BCUT2D eigenvalue weighted by Crippen LogP contribution is -2.13. The van der Waals surface area contributed by atoms with Crippen molar-refractivity contribution in [2.24, 2.45) is 0 Å². The fourth-order valence-corrected chi connectivity index (χ4v) is 1.70. The monoisotopic (exact) mass is 282 g/mol. The lowest BCUT2D eigenvalue weighted by atomic mass is 10.3. The zero-order valence-electron chi connectivity index (χ0n) is 12.7. The first-order valence-corrected chi connectivity index (χ1v) is 7.24. The molecule has 0 aliphatic heterocycles. The van der Waals surface area contributed by atoms with Crippen molar-refractivity contribution in [1.82, 2.24) is 9.97 Å². The van der Waals surface area contributed by atoms with Gasteiger partial charge in [-0.05, 0) is 19.3 Å². The number of nitrogens with zero attached hydrogens (tertiary/aromatic N) is 2. The Morgan fingerprint density at radius 2 is 1.95 bits per heavy atom. The number of anilines is 2. The molecule has 0 spiro atoms. The maximum Gasteiger partial charge on any atom is 0.242 e. The molecule has 1 heterocycles. The third-order valence-electron chi connectivity index (χ3n) is 2.69. The van der Waals surface area contributed by atoms with Crippen molar-refractivity contribution in [3.05, 3.63) is 5.82 Å². The second-order valence-corrected chi connectivity index (χ2v) is 4.58. The third kappa shape index (κ3) is 5.21. The van der Waals surface area contributed by atoms with E-state index in [4.69, 9.17) is 15.2 Å². The number of methoxy groups -OCH3 is 1. The van der Waals surface area contributed by atoms with Gasteiger partial charge in [-0.2, -0.15) is 4.98 Å². The molecule has 1 aromatic rings. The quantitative estimate of drug-likeness (QED) is 0.640. The van der Waals surface area contributed by atoms with Crippen molar-refractivity contribution >= 4 is 11.5 Å². The fraction of sp³-hybridized carbons (Fsp3) is 0.714. The molecule has 20 heavy (non-hydrogen) atoms. The Morgan fingerprint density at radius 3 is 2.60 bits per heavy atom. The molecule has 114 valence electrons. The zero-order chi connectivity index (χ0) is 14.8. The number of nitrogens with one attached hydrogen (secondary N) is 1. The molecule has 0 unspecified atom stereocenters. The first kappa shape index (κ1) is 16.5. The number of hydrogen-bond donors (Lipinski definition) is 2. The zero-order valence-corrected chi connectivity index (χ0v) is 12.7. The van der Waals surface area contributed by atoms with Crippen LogP contribution in [0.15, 0.2) is 0 Å². The first-order chi connectivity index (χ1) is 9.72. The SMILES string of the molecule is CCCOc1nc(CCC)nc(NCCCOC)c1N. The van der Waals surface area contributed by atoms with Crippen LogP contribution in [0.5, 0.6) is 5.88 Å². The summed E-state index contributed by atoms with van der Waals surface area (Å²) < 4.78 is 10.6. The summed E-state index contributed by atoms with van der Waals surface area (Å²) in [6, 6.07) is 0. The minimum absolute atomic E-state index is 0.482. The predicted octanol–water partition coefficient (Wildman–Crippen LogP) is 2.25. The van der Waals surface area contributed by atoms with Crippen molar-refractivity contribution in [3.63, 3.8) is 0 Å². The van der Waals surface area contributed by atoms with Crippen molar-refractivity contribution in [2.75, 3.05) is 37.9 Å². The van der Waals surface area contributed by atoms with Crippen molar-refractivity contribution in [1.29, 1.82) is 0 Å². The molecule has 0 bridgehead atoms. The lowest BCUT2D eigenvalue weighted by Gasteiger charge is -2.13. The van der Waals surface area contributed by atoms with Gasteiger partial charge in [0.05, 0.1) is 6.61 Å². The van der Waals surface area contributed by atoms with E-state index in [1.807, 2.05) is 6.92 Å². The fourth-order valence-electron chi connectivity index (χ4n) is 1.70. The number of nitrogen functional groups attached to an aromatic ring is 1. The molecule has 0 aliphatic rings. The number of nitrogens with two attached hydrogens (primary N) is 1. The van der Waals surface area contributed by atoms with Gasteiger partial charge in [-0.1, -0.05) is 13.8 Å². The van der Waals surface area contributed by atoms with Gasteiger partial charge in [0.2, 0.25) is 5.88 Å². The van der Waals surface area contributed by atoms with Gasteiger partial charge in [0.1, 0.15) is 11.5 Å². The topological polar surface area (TPSA) is 82.3 Å². The Balaban J connectivity index is 2.80. The number of rotatable bonds is 10. The Bertz CT molecular complexity index is 399. The summed E-state index contributed by atoms with van der Waals surface area (Å²) in [4.78, 5) is 8.84. The summed E-state index contributed by atoms with van der Waals surface area (Å²) in [6.45, 7) is 6.22. The summed E-state index contributed by atoms with van der Waals surface area (Å²) in [5, 5.41) is 3.23. The van der Waals surface area contributed by atoms with Crippen molar-refractivity contribution in [2.45, 2.75) is 39.5 Å². The van der Waals surface area contributed by atoms with Gasteiger partial charge < -0.3 is 20.5 Å². The van der Waals surface area contributed by atoms with E-state index in [2.05, 4.69) is 22.2 Å². The Kier molecular flexibility index (Phi) is 7.72. The van der Waals surface area contributed by atoms with E-state index in [1.54, 1.807) is 7.11 Å². The average molecular weight is 282 g/mol. The molecule has 0 amide bonds. The molecular formula is C14H26N4O2. The smallest absolute Gasteiger partial charge is 0.242 e. The van der Waals surface area contributed by atoms with Gasteiger partial charge >= 0.3 is 0 Å². The van der Waals surface area contributed by atoms with Crippen LogP contribution in [0.3, 0.4) is 0 Å². The highest BCUT2D eigenvalue weighted by atomic mass is 16.5. The molecule has 3 N–H and O–H groups in total. The summed E-state index contributed by atoms with van der Waals surface area (Å²) in [5.41, 5.74) is 6.54. The summed E-state index contributed by atoms with van der Waals surface area (Å²) in [5.74, 6) is 1.91. The van der Waals surface area contributed by atoms with Crippen LogP contribution in [0.4, 0.5) is 11.5 Å². The molecule has 0 fully saturated rings. The van der Waals surface area contributed by atoms with Crippen LogP contribution in [0.2, 0.25) is 0 Å². The number of hydrogen-bond acceptors (Lipinski definition) is 6. The highest BCUT2D eigenvalue weighted by molar-refractivity contribution is 5.66. The minimum atomic E-state index is 0.482. The average Bonchev–Trinajstić information content (AvgIpc) is 2.45. The number of ether oxygens (including phenoxy) is 2. The maximum absolute atomic E-state index is 6.06. The van der Waals surface area contributed by atoms with E-state index in [0.29, 0.717) is 30.6 Å². The Labute approximate surface area is 121 Å². The molecule has 0 aliphatic carbocycles. The number of aryl methyl sites for hydroxylation is 1. The van der Waals surface area contributed by atoms with E-state index >= 15 is 0 Å². The summed E-state index contributed by atoms with van der Waals surface area (Å²) >= 11 is 0. The third-order valence-corrected chi connectivity index (χ3v) is 2.69. The molecule has 0 saturated carbocycles. The molecule has 0 atom stereocenters. The van der Waals surface area contributed by atoms with E-state index in [9.17, 15) is 0 Å². The largest absolute Gasteiger partial charge is 0.476 e. The molecule has 0 saturated heterocycles. The summed E-state index contributed by atoms with van der Waals surface area (Å²) in [7, 11) is 1.69. The van der Waals surface area contributed by atoms with E-state index < -0.39 is 0 Å². The van der Waals surface area contributed by atoms with Gasteiger partial charge in [0.25, 0.3) is 0 Å². The highest BCUT2D eigenvalue weighted by Crippen LogP contribution is 2.26. The second kappa shape index (κ2) is 9.36. The lowest BCUT2D eigenvalue weighted by molar-refractivity contribution is 0.197. The highest BCUT2D eigenvalue weighted by Gasteiger charge is 2.12. The van der Waals surface area contributed by atoms with E-state index in [0.717, 1.165) is 38.1 Å². The van der Waals surface area contributed by atoms with Crippen LogP contribution in [-0.4, -0.2) is 36.8 Å². The Hall–Kier alpha value is -1.56. The predicted molar refractivity (Wildman–Crippen MR) is 81.2 cm³/mol. The van der Waals surface area contributed by atoms with Gasteiger partial charge in [0.15, 0.2) is 5.82 Å². The maximum atomic E-state index is 6.06. The number of aromatic nitrogens is 2. The normalized spacial score (nSPS) is 10.6. The molecule has 6 nitrogen and oxygen atoms in total. The molecule has 0 radical (unpaired) electrons. The van der Waals surface area contributed by atoms with Crippen LogP contribution in [0.1, 0.15) is 38.9 Å². The molecular weight excluding hydrogens is 256 g/mol. The van der Waals surface area contributed by atoms with Gasteiger partial charge in [-0.25, -0.2) is 4.98 Å². The van der Waals surface area contributed by atoms with Crippen LogP contribution in [0.25, 0.3) is 0 Å². The van der Waals surface area contributed by atoms with Crippen molar-refractivity contribution in [3.8, 4) is 5.88 Å². The van der Waals surface area contributed by atoms with Crippen molar-refractivity contribution < 1.29 is 9.47 Å². The van der Waals surface area contributed by atoms with Gasteiger partial charge in [-0.15, -0.1) is 0 Å². The first-order valence-electron chi connectivity index (χ1n) is 7.24.